The Balaban J connectivity index is 0.000000861. The number of aliphatic hydroxyl groups is 1. The Kier molecular flexibility index (Phi) is 16.8. The molecule has 0 saturated heterocycles. The minimum Gasteiger partial charge on any atom is -0.467 e. The number of hydrogen-bond acceptors (Lipinski definition) is 5. The van der Waals surface area contributed by atoms with Crippen LogP contribution in [0.4, 0.5) is 0 Å². The van der Waals surface area contributed by atoms with Gasteiger partial charge in [0.1, 0.15) is 12.4 Å². The molecule has 2 N–H and O–H groups in total. The second-order valence-electron chi connectivity index (χ2n) is 7.13. The van der Waals surface area contributed by atoms with E-state index in [4.69, 9.17) is 18.6 Å². The molecule has 0 radical (unpaired) electrons. The van der Waals surface area contributed by atoms with Gasteiger partial charge in [-0.3, -0.25) is 9.05 Å². The highest BCUT2D eigenvalue weighted by molar-refractivity contribution is 7.47. The van der Waals surface area contributed by atoms with Crippen LogP contribution < -0.4 is 0 Å². The first-order chi connectivity index (χ1) is 13.4. The van der Waals surface area contributed by atoms with Crippen LogP contribution in [-0.2, 0) is 20.2 Å². The number of phosphoric ester groups is 1. The van der Waals surface area contributed by atoms with Crippen molar-refractivity contribution >= 4 is 7.82 Å². The van der Waals surface area contributed by atoms with Gasteiger partial charge in [0.25, 0.3) is 0 Å². The van der Waals surface area contributed by atoms with Crippen molar-refractivity contribution in [3.05, 3.63) is 24.2 Å². The summed E-state index contributed by atoms with van der Waals surface area (Å²) in [5, 5.41) is 8.33. The van der Waals surface area contributed by atoms with Crippen LogP contribution >= 0.6 is 7.82 Å². The number of phosphoric acid groups is 1. The van der Waals surface area contributed by atoms with Crippen LogP contribution in [0.5, 0.6) is 0 Å². The first-order valence-electron chi connectivity index (χ1n) is 10.7. The zero-order chi connectivity index (χ0) is 21.3. The minimum absolute atomic E-state index is 0.00694. The van der Waals surface area contributed by atoms with Crippen molar-refractivity contribution in [1.82, 2.24) is 0 Å². The number of furan rings is 1. The van der Waals surface area contributed by atoms with E-state index < -0.39 is 7.82 Å². The molecular weight excluding hydrogens is 379 g/mol. The summed E-state index contributed by atoms with van der Waals surface area (Å²) in [5.41, 5.74) is 0. The third-order valence-corrected chi connectivity index (χ3v) is 5.72. The van der Waals surface area contributed by atoms with Crippen LogP contribution in [0.3, 0.4) is 0 Å². The Bertz CT molecular complexity index is 467. The first kappa shape index (κ1) is 27.4. The van der Waals surface area contributed by atoms with Crippen molar-refractivity contribution in [3.8, 4) is 0 Å². The average molecular weight is 421 g/mol. The van der Waals surface area contributed by atoms with Crippen LogP contribution in [0.2, 0.25) is 0 Å². The molecule has 2 unspecified atom stereocenters. The third-order valence-electron chi connectivity index (χ3n) is 4.77. The molecule has 0 aliphatic rings. The minimum atomic E-state index is -3.89. The van der Waals surface area contributed by atoms with Gasteiger partial charge < -0.3 is 14.4 Å². The number of rotatable bonds is 15. The van der Waals surface area contributed by atoms with E-state index in [1.54, 1.807) is 12.1 Å². The Morgan fingerprint density at radius 3 is 1.79 bits per heavy atom. The normalized spacial score (nSPS) is 15.4. The van der Waals surface area contributed by atoms with E-state index >= 15 is 0 Å². The molecule has 0 aromatic carbocycles. The van der Waals surface area contributed by atoms with Gasteiger partial charge in [-0.05, 0) is 36.8 Å². The van der Waals surface area contributed by atoms with Crippen LogP contribution in [-0.4, -0.2) is 23.2 Å². The SMILES string of the molecule is CCCCC(CC)COP(=O)(O)OCC(CC)CCCC.OCc1ccco1. The third kappa shape index (κ3) is 14.4. The molecule has 0 aliphatic carbocycles. The quantitative estimate of drug-likeness (QED) is 0.323. The second-order valence-corrected chi connectivity index (χ2v) is 8.58. The molecular formula is C21H41O6P. The lowest BCUT2D eigenvalue weighted by Crippen LogP contribution is -2.12. The fourth-order valence-electron chi connectivity index (χ4n) is 2.64. The molecule has 0 amide bonds. The van der Waals surface area contributed by atoms with E-state index in [2.05, 4.69) is 27.7 Å². The monoisotopic (exact) mass is 420 g/mol. The lowest BCUT2D eigenvalue weighted by Gasteiger charge is -2.20. The van der Waals surface area contributed by atoms with Gasteiger partial charge in [0.05, 0.1) is 19.5 Å². The van der Waals surface area contributed by atoms with Gasteiger partial charge in [-0.15, -0.1) is 0 Å². The van der Waals surface area contributed by atoms with E-state index in [0.717, 1.165) is 51.4 Å². The van der Waals surface area contributed by atoms with Crippen LogP contribution in [0.1, 0.15) is 84.8 Å². The van der Waals surface area contributed by atoms with Crippen molar-refractivity contribution in [2.24, 2.45) is 11.8 Å². The summed E-state index contributed by atoms with van der Waals surface area (Å²) in [5.74, 6) is 1.30. The summed E-state index contributed by atoms with van der Waals surface area (Å²) in [4.78, 5) is 9.77. The molecule has 0 aliphatic heterocycles. The summed E-state index contributed by atoms with van der Waals surface area (Å²) in [6, 6.07) is 3.46. The maximum absolute atomic E-state index is 11.9. The van der Waals surface area contributed by atoms with Gasteiger partial charge >= 0.3 is 7.82 Å². The molecule has 28 heavy (non-hydrogen) atoms. The van der Waals surface area contributed by atoms with Crippen molar-refractivity contribution in [3.63, 3.8) is 0 Å². The van der Waals surface area contributed by atoms with E-state index in [1.165, 1.54) is 6.26 Å². The summed E-state index contributed by atoms with van der Waals surface area (Å²) in [6.45, 7) is 9.10. The maximum Gasteiger partial charge on any atom is 0.472 e. The van der Waals surface area contributed by atoms with Crippen molar-refractivity contribution < 1.29 is 28.0 Å². The fourth-order valence-corrected chi connectivity index (χ4v) is 3.51. The zero-order valence-corrected chi connectivity index (χ0v) is 19.0. The van der Waals surface area contributed by atoms with Gasteiger partial charge in [0, 0.05) is 0 Å². The molecule has 0 spiro atoms. The largest absolute Gasteiger partial charge is 0.472 e. The molecule has 1 rings (SSSR count). The van der Waals surface area contributed by atoms with Gasteiger partial charge in [0.2, 0.25) is 0 Å². The highest BCUT2D eigenvalue weighted by Crippen LogP contribution is 2.44. The van der Waals surface area contributed by atoms with E-state index in [9.17, 15) is 9.46 Å². The molecule has 0 fully saturated rings. The first-order valence-corrected chi connectivity index (χ1v) is 12.2. The summed E-state index contributed by atoms with van der Waals surface area (Å²) >= 11 is 0. The molecule has 2 atom stereocenters. The second kappa shape index (κ2) is 17.2. The van der Waals surface area contributed by atoms with E-state index in [1.807, 2.05) is 0 Å². The standard InChI is InChI=1S/C16H35O4P.C5H6O2/c1-5-9-11-15(7-3)13-19-21(17,18)20-14-16(8-4)12-10-6-2;6-4-5-2-1-3-7-5/h15-16H,5-14H2,1-4H3,(H,17,18);1-3,6H,4H2. The summed E-state index contributed by atoms with van der Waals surface area (Å²) in [6.07, 6.45) is 10.1. The molecule has 166 valence electrons. The van der Waals surface area contributed by atoms with Gasteiger partial charge in [0.15, 0.2) is 0 Å². The van der Waals surface area contributed by atoms with Gasteiger partial charge in [-0.2, -0.15) is 0 Å². The Hall–Kier alpha value is -0.650. The average Bonchev–Trinajstić information content (AvgIpc) is 3.23. The number of aliphatic hydroxyl groups excluding tert-OH is 1. The molecule has 7 heteroatoms. The van der Waals surface area contributed by atoms with Crippen LogP contribution in [0.15, 0.2) is 22.8 Å². The maximum atomic E-state index is 11.9. The van der Waals surface area contributed by atoms with Crippen molar-refractivity contribution in [1.29, 1.82) is 0 Å². The molecule has 0 saturated carbocycles. The van der Waals surface area contributed by atoms with E-state index in [0.29, 0.717) is 30.8 Å². The molecule has 0 bridgehead atoms. The molecule has 1 heterocycles. The van der Waals surface area contributed by atoms with Crippen molar-refractivity contribution in [2.45, 2.75) is 85.7 Å². The topological polar surface area (TPSA) is 89.1 Å². The summed E-state index contributed by atoms with van der Waals surface area (Å²) < 4.78 is 27.0. The predicted octanol–water partition coefficient (Wildman–Crippen LogP) is 6.32. The Morgan fingerprint density at radius 1 is 1.00 bits per heavy atom. The number of unbranched alkanes of at least 4 members (excludes halogenated alkanes) is 2. The smallest absolute Gasteiger partial charge is 0.467 e. The Labute approximate surface area is 171 Å². The highest BCUT2D eigenvalue weighted by atomic mass is 31.2. The van der Waals surface area contributed by atoms with E-state index in [-0.39, 0.29) is 6.61 Å². The van der Waals surface area contributed by atoms with Crippen LogP contribution in [0.25, 0.3) is 0 Å². The lowest BCUT2D eigenvalue weighted by atomic mass is 10.0. The van der Waals surface area contributed by atoms with Crippen molar-refractivity contribution in [2.75, 3.05) is 13.2 Å². The Morgan fingerprint density at radius 2 is 1.50 bits per heavy atom. The lowest BCUT2D eigenvalue weighted by molar-refractivity contribution is 0.110. The van der Waals surface area contributed by atoms with Gasteiger partial charge in [-0.1, -0.05) is 66.2 Å². The predicted molar refractivity (Wildman–Crippen MR) is 113 cm³/mol. The number of hydrogen-bond donors (Lipinski definition) is 2. The highest BCUT2D eigenvalue weighted by Gasteiger charge is 2.24. The summed E-state index contributed by atoms with van der Waals surface area (Å²) in [7, 11) is -3.89. The zero-order valence-electron chi connectivity index (χ0n) is 18.1. The molecule has 6 nitrogen and oxygen atoms in total. The fraction of sp³-hybridized carbons (Fsp3) is 0.810. The van der Waals surface area contributed by atoms with Crippen LogP contribution in [0, 0.1) is 11.8 Å². The molecule has 1 aromatic rings. The van der Waals surface area contributed by atoms with Gasteiger partial charge in [-0.25, -0.2) is 4.57 Å². The molecule has 1 aromatic heterocycles.